The predicted molar refractivity (Wildman–Crippen MR) is 105 cm³/mol. The molecule has 1 heterocycles. The van der Waals surface area contributed by atoms with Gasteiger partial charge in [0.1, 0.15) is 0 Å². The standard InChI is InChI=1S/C20H34N4O/c1-3-4-5-6-10-22-20(21-2)23-16-18-8-7-9-19(15-18)17-24-11-13-25-14-12-24/h7-9,15H,3-6,10-14,16-17H2,1-2H3,(H2,21,22,23). The van der Waals surface area contributed by atoms with Gasteiger partial charge in [0, 0.05) is 39.8 Å². The van der Waals surface area contributed by atoms with Crippen molar-refractivity contribution >= 4 is 5.96 Å². The fraction of sp³-hybridized carbons (Fsp3) is 0.650. The Hall–Kier alpha value is -1.59. The second kappa shape index (κ2) is 11.9. The van der Waals surface area contributed by atoms with E-state index in [0.717, 1.165) is 51.9 Å². The van der Waals surface area contributed by atoms with Gasteiger partial charge in [-0.25, -0.2) is 0 Å². The van der Waals surface area contributed by atoms with Crippen molar-refractivity contribution in [2.75, 3.05) is 39.9 Å². The molecule has 140 valence electrons. The molecule has 1 aliphatic heterocycles. The fourth-order valence-corrected chi connectivity index (χ4v) is 3.02. The molecule has 1 aromatic carbocycles. The maximum Gasteiger partial charge on any atom is 0.191 e. The van der Waals surface area contributed by atoms with Crippen LogP contribution in [0.5, 0.6) is 0 Å². The Morgan fingerprint density at radius 1 is 1.12 bits per heavy atom. The van der Waals surface area contributed by atoms with E-state index < -0.39 is 0 Å². The first-order valence-electron chi connectivity index (χ1n) is 9.64. The lowest BCUT2D eigenvalue weighted by molar-refractivity contribution is 0.0342. The number of unbranched alkanes of at least 4 members (excludes halogenated alkanes) is 3. The molecular weight excluding hydrogens is 312 g/mol. The van der Waals surface area contributed by atoms with Gasteiger partial charge >= 0.3 is 0 Å². The number of benzene rings is 1. The van der Waals surface area contributed by atoms with E-state index in [4.69, 9.17) is 4.74 Å². The van der Waals surface area contributed by atoms with Crippen LogP contribution in [0.2, 0.25) is 0 Å². The zero-order valence-corrected chi connectivity index (χ0v) is 15.9. The lowest BCUT2D eigenvalue weighted by Gasteiger charge is -2.26. The van der Waals surface area contributed by atoms with Gasteiger partial charge < -0.3 is 15.4 Å². The molecule has 0 bridgehead atoms. The third-order valence-corrected chi connectivity index (χ3v) is 4.51. The third kappa shape index (κ3) is 7.88. The molecule has 1 aromatic rings. The normalized spacial score (nSPS) is 16.0. The Bertz CT molecular complexity index is 512. The highest BCUT2D eigenvalue weighted by Gasteiger charge is 2.10. The largest absolute Gasteiger partial charge is 0.379 e. The summed E-state index contributed by atoms with van der Waals surface area (Å²) >= 11 is 0. The summed E-state index contributed by atoms with van der Waals surface area (Å²) < 4.78 is 5.42. The molecule has 0 unspecified atom stereocenters. The minimum absolute atomic E-state index is 0.797. The van der Waals surface area contributed by atoms with Crippen molar-refractivity contribution in [3.05, 3.63) is 35.4 Å². The predicted octanol–water partition coefficient (Wildman–Crippen LogP) is 2.76. The number of ether oxygens (including phenoxy) is 1. The van der Waals surface area contributed by atoms with E-state index in [-0.39, 0.29) is 0 Å². The summed E-state index contributed by atoms with van der Waals surface area (Å²) in [6.07, 6.45) is 5.06. The lowest BCUT2D eigenvalue weighted by atomic mass is 10.1. The Labute approximate surface area is 152 Å². The van der Waals surface area contributed by atoms with Gasteiger partial charge in [0.05, 0.1) is 13.2 Å². The van der Waals surface area contributed by atoms with Crippen molar-refractivity contribution in [2.24, 2.45) is 4.99 Å². The number of hydrogen-bond donors (Lipinski definition) is 2. The third-order valence-electron chi connectivity index (χ3n) is 4.51. The molecule has 0 radical (unpaired) electrons. The molecule has 2 rings (SSSR count). The van der Waals surface area contributed by atoms with E-state index >= 15 is 0 Å². The van der Waals surface area contributed by atoms with Gasteiger partial charge in [0.15, 0.2) is 5.96 Å². The van der Waals surface area contributed by atoms with Crippen molar-refractivity contribution < 1.29 is 4.74 Å². The van der Waals surface area contributed by atoms with Gasteiger partial charge in [0.25, 0.3) is 0 Å². The van der Waals surface area contributed by atoms with Crippen LogP contribution >= 0.6 is 0 Å². The number of aliphatic imine (C=N–C) groups is 1. The quantitative estimate of drug-likeness (QED) is 0.410. The molecule has 1 fully saturated rings. The van der Waals surface area contributed by atoms with E-state index in [1.165, 1.54) is 36.8 Å². The average Bonchev–Trinajstić information content (AvgIpc) is 2.65. The van der Waals surface area contributed by atoms with Crippen LogP contribution in [0.4, 0.5) is 0 Å². The number of nitrogens with one attached hydrogen (secondary N) is 2. The summed E-state index contributed by atoms with van der Waals surface area (Å²) in [6, 6.07) is 8.81. The highest BCUT2D eigenvalue weighted by atomic mass is 16.5. The first kappa shape index (κ1) is 19.7. The minimum atomic E-state index is 0.797. The monoisotopic (exact) mass is 346 g/mol. The molecule has 0 spiro atoms. The molecule has 0 atom stereocenters. The van der Waals surface area contributed by atoms with E-state index in [2.05, 4.69) is 51.7 Å². The first-order chi connectivity index (χ1) is 12.3. The Morgan fingerprint density at radius 3 is 2.68 bits per heavy atom. The van der Waals surface area contributed by atoms with Crippen LogP contribution in [0.1, 0.15) is 43.7 Å². The number of morpholine rings is 1. The summed E-state index contributed by atoms with van der Waals surface area (Å²) in [5.74, 6) is 0.884. The van der Waals surface area contributed by atoms with E-state index in [0.29, 0.717) is 0 Å². The van der Waals surface area contributed by atoms with Crippen LogP contribution in [-0.4, -0.2) is 50.8 Å². The van der Waals surface area contributed by atoms with Gasteiger partial charge in [0.2, 0.25) is 0 Å². The van der Waals surface area contributed by atoms with Crippen LogP contribution in [0, 0.1) is 0 Å². The number of hydrogen-bond acceptors (Lipinski definition) is 3. The topological polar surface area (TPSA) is 48.9 Å². The molecule has 5 nitrogen and oxygen atoms in total. The number of rotatable bonds is 9. The molecule has 2 N–H and O–H groups in total. The van der Waals surface area contributed by atoms with Crippen LogP contribution in [0.3, 0.4) is 0 Å². The summed E-state index contributed by atoms with van der Waals surface area (Å²) in [5.41, 5.74) is 2.66. The fourth-order valence-electron chi connectivity index (χ4n) is 3.02. The lowest BCUT2D eigenvalue weighted by Crippen LogP contribution is -2.37. The van der Waals surface area contributed by atoms with Crippen LogP contribution in [0.15, 0.2) is 29.3 Å². The highest BCUT2D eigenvalue weighted by molar-refractivity contribution is 5.79. The van der Waals surface area contributed by atoms with Crippen molar-refractivity contribution in [2.45, 2.75) is 45.7 Å². The van der Waals surface area contributed by atoms with Gasteiger partial charge in [-0.05, 0) is 17.5 Å². The Balaban J connectivity index is 1.74. The van der Waals surface area contributed by atoms with Crippen LogP contribution in [-0.2, 0) is 17.8 Å². The molecule has 0 aliphatic carbocycles. The van der Waals surface area contributed by atoms with Gasteiger partial charge in [-0.3, -0.25) is 9.89 Å². The zero-order chi connectivity index (χ0) is 17.7. The highest BCUT2D eigenvalue weighted by Crippen LogP contribution is 2.10. The maximum atomic E-state index is 5.42. The van der Waals surface area contributed by atoms with E-state index in [1.54, 1.807) is 0 Å². The second-order valence-corrected chi connectivity index (χ2v) is 6.62. The molecule has 1 saturated heterocycles. The van der Waals surface area contributed by atoms with Gasteiger partial charge in [-0.2, -0.15) is 0 Å². The second-order valence-electron chi connectivity index (χ2n) is 6.62. The van der Waals surface area contributed by atoms with Crippen molar-refractivity contribution in [1.82, 2.24) is 15.5 Å². The maximum absolute atomic E-state index is 5.42. The molecule has 0 amide bonds. The zero-order valence-electron chi connectivity index (χ0n) is 15.9. The van der Waals surface area contributed by atoms with E-state index in [9.17, 15) is 0 Å². The molecule has 1 aliphatic rings. The number of guanidine groups is 1. The first-order valence-corrected chi connectivity index (χ1v) is 9.64. The minimum Gasteiger partial charge on any atom is -0.379 e. The SMILES string of the molecule is CCCCCCNC(=NC)NCc1cccc(CN2CCOCC2)c1. The summed E-state index contributed by atoms with van der Waals surface area (Å²) in [4.78, 5) is 6.76. The average molecular weight is 347 g/mol. The van der Waals surface area contributed by atoms with Crippen molar-refractivity contribution in [3.63, 3.8) is 0 Å². The Kier molecular flexibility index (Phi) is 9.37. The van der Waals surface area contributed by atoms with Gasteiger partial charge in [-0.15, -0.1) is 0 Å². The molecule has 0 aromatic heterocycles. The van der Waals surface area contributed by atoms with Crippen molar-refractivity contribution in [1.29, 1.82) is 0 Å². The summed E-state index contributed by atoms with van der Waals surface area (Å²) in [5, 5.41) is 6.81. The summed E-state index contributed by atoms with van der Waals surface area (Å²) in [7, 11) is 1.83. The Morgan fingerprint density at radius 2 is 1.92 bits per heavy atom. The van der Waals surface area contributed by atoms with Crippen molar-refractivity contribution in [3.8, 4) is 0 Å². The van der Waals surface area contributed by atoms with Gasteiger partial charge in [-0.1, -0.05) is 50.5 Å². The van der Waals surface area contributed by atoms with E-state index in [1.807, 2.05) is 7.05 Å². The molecule has 5 heteroatoms. The summed E-state index contributed by atoms with van der Waals surface area (Å²) in [6.45, 7) is 8.77. The smallest absolute Gasteiger partial charge is 0.191 e. The molecule has 25 heavy (non-hydrogen) atoms. The molecular formula is C20H34N4O. The van der Waals surface area contributed by atoms with Crippen LogP contribution < -0.4 is 10.6 Å². The molecule has 0 saturated carbocycles. The van der Waals surface area contributed by atoms with Crippen LogP contribution in [0.25, 0.3) is 0 Å². The number of nitrogens with zero attached hydrogens (tertiary/aromatic N) is 2.